The van der Waals surface area contributed by atoms with Crippen LogP contribution in [0.5, 0.6) is 0 Å². The van der Waals surface area contributed by atoms with Crippen LogP contribution < -0.4 is 5.32 Å². The Morgan fingerprint density at radius 3 is 1.82 bits per heavy atom. The van der Waals surface area contributed by atoms with Crippen LogP contribution in [0.3, 0.4) is 0 Å². The van der Waals surface area contributed by atoms with Crippen LogP contribution in [0.4, 0.5) is 0 Å². The SMILES string of the molecule is CC.CC.CC.CCCC1CNCCC1CC. The Bertz CT molecular complexity index is 99.7. The molecule has 1 N–H and O–H groups in total. The van der Waals surface area contributed by atoms with Crippen molar-refractivity contribution in [2.45, 2.75) is 81.1 Å². The zero-order chi connectivity index (χ0) is 14.1. The lowest BCUT2D eigenvalue weighted by atomic mass is 9.82. The molecule has 0 bridgehead atoms. The van der Waals surface area contributed by atoms with Gasteiger partial charge in [0.2, 0.25) is 0 Å². The molecule has 1 aliphatic rings. The third-order valence-electron chi connectivity index (χ3n) is 2.95. The van der Waals surface area contributed by atoms with Crippen LogP contribution in [0.25, 0.3) is 0 Å². The van der Waals surface area contributed by atoms with E-state index in [1.165, 1.54) is 38.8 Å². The summed E-state index contributed by atoms with van der Waals surface area (Å²) < 4.78 is 0. The van der Waals surface area contributed by atoms with Gasteiger partial charge in [-0.05, 0) is 37.8 Å². The third-order valence-corrected chi connectivity index (χ3v) is 2.95. The summed E-state index contributed by atoms with van der Waals surface area (Å²) in [4.78, 5) is 0. The van der Waals surface area contributed by atoms with Gasteiger partial charge in [0.1, 0.15) is 0 Å². The third kappa shape index (κ3) is 12.2. The zero-order valence-electron chi connectivity index (χ0n) is 13.9. The Labute approximate surface area is 112 Å². The molecule has 1 heterocycles. The summed E-state index contributed by atoms with van der Waals surface area (Å²) in [6, 6.07) is 0. The molecule has 0 amide bonds. The molecule has 0 aromatic rings. The lowest BCUT2D eigenvalue weighted by Gasteiger charge is -2.31. The maximum absolute atomic E-state index is 3.48. The number of hydrogen-bond acceptors (Lipinski definition) is 1. The predicted octanol–water partition coefficient (Wildman–Crippen LogP) is 5.50. The monoisotopic (exact) mass is 245 g/mol. The number of piperidine rings is 1. The fourth-order valence-corrected chi connectivity index (χ4v) is 2.22. The van der Waals surface area contributed by atoms with E-state index >= 15 is 0 Å². The van der Waals surface area contributed by atoms with E-state index in [1.54, 1.807) is 0 Å². The lowest BCUT2D eigenvalue weighted by Crippen LogP contribution is -2.36. The average Bonchev–Trinajstić information content (AvgIpc) is 2.46. The summed E-state index contributed by atoms with van der Waals surface area (Å²) in [5.74, 6) is 1.98. The van der Waals surface area contributed by atoms with Crippen molar-refractivity contribution >= 4 is 0 Å². The summed E-state index contributed by atoms with van der Waals surface area (Å²) in [6.07, 6.45) is 5.56. The summed E-state index contributed by atoms with van der Waals surface area (Å²) >= 11 is 0. The zero-order valence-corrected chi connectivity index (χ0v) is 13.9. The molecular weight excluding hydrogens is 206 g/mol. The van der Waals surface area contributed by atoms with Crippen molar-refractivity contribution in [3.63, 3.8) is 0 Å². The number of rotatable bonds is 3. The van der Waals surface area contributed by atoms with Crippen LogP contribution in [-0.4, -0.2) is 13.1 Å². The fourth-order valence-electron chi connectivity index (χ4n) is 2.22. The molecule has 1 heteroatoms. The van der Waals surface area contributed by atoms with Gasteiger partial charge in [0, 0.05) is 0 Å². The first-order valence-corrected chi connectivity index (χ1v) is 8.09. The molecule has 2 atom stereocenters. The van der Waals surface area contributed by atoms with Gasteiger partial charge < -0.3 is 5.32 Å². The molecule has 17 heavy (non-hydrogen) atoms. The minimum Gasteiger partial charge on any atom is -0.316 e. The van der Waals surface area contributed by atoms with Gasteiger partial charge in [-0.3, -0.25) is 0 Å². The van der Waals surface area contributed by atoms with Crippen molar-refractivity contribution in [1.82, 2.24) is 5.32 Å². The predicted molar refractivity (Wildman–Crippen MR) is 83.7 cm³/mol. The molecule has 2 unspecified atom stereocenters. The van der Waals surface area contributed by atoms with E-state index in [4.69, 9.17) is 0 Å². The Balaban J connectivity index is -0.000000285. The number of nitrogens with one attached hydrogen (secondary N) is 1. The highest BCUT2D eigenvalue weighted by atomic mass is 14.9. The second-order valence-electron chi connectivity index (χ2n) is 3.71. The molecule has 0 aromatic carbocycles. The Kier molecular flexibility index (Phi) is 27.7. The maximum atomic E-state index is 3.48. The highest BCUT2D eigenvalue weighted by Crippen LogP contribution is 2.25. The molecular formula is C16H39N. The molecule has 1 aliphatic heterocycles. The Hall–Kier alpha value is -0.0400. The largest absolute Gasteiger partial charge is 0.316 e. The first kappa shape index (κ1) is 22.2. The van der Waals surface area contributed by atoms with E-state index in [-0.39, 0.29) is 0 Å². The standard InChI is InChI=1S/C10H21N.3C2H6/c1-3-5-10-8-11-7-6-9(10)4-2;3*1-2/h9-11H,3-8H2,1-2H3;3*1-2H3. The summed E-state index contributed by atoms with van der Waals surface area (Å²) in [5, 5.41) is 3.48. The van der Waals surface area contributed by atoms with Crippen molar-refractivity contribution in [3.8, 4) is 0 Å². The minimum atomic E-state index is 0.971. The molecule has 1 rings (SSSR count). The highest BCUT2D eigenvalue weighted by Gasteiger charge is 2.21. The van der Waals surface area contributed by atoms with Gasteiger partial charge in [0.05, 0.1) is 0 Å². The van der Waals surface area contributed by atoms with E-state index in [1.807, 2.05) is 41.5 Å². The summed E-state index contributed by atoms with van der Waals surface area (Å²) in [6.45, 7) is 19.1. The number of hydrogen-bond donors (Lipinski definition) is 1. The second-order valence-corrected chi connectivity index (χ2v) is 3.71. The Morgan fingerprint density at radius 2 is 1.41 bits per heavy atom. The second kappa shape index (κ2) is 21.3. The molecule has 1 fully saturated rings. The van der Waals surface area contributed by atoms with E-state index < -0.39 is 0 Å². The molecule has 0 spiro atoms. The van der Waals surface area contributed by atoms with Crippen molar-refractivity contribution in [3.05, 3.63) is 0 Å². The smallest absolute Gasteiger partial charge is 0.00179 e. The van der Waals surface area contributed by atoms with Gasteiger partial charge in [0.15, 0.2) is 0 Å². The van der Waals surface area contributed by atoms with Crippen LogP contribution in [0.1, 0.15) is 81.1 Å². The van der Waals surface area contributed by atoms with Crippen molar-refractivity contribution in [1.29, 1.82) is 0 Å². The Morgan fingerprint density at radius 1 is 0.882 bits per heavy atom. The molecule has 108 valence electrons. The molecule has 1 nitrogen and oxygen atoms in total. The molecule has 0 aliphatic carbocycles. The fraction of sp³-hybridized carbons (Fsp3) is 1.00. The topological polar surface area (TPSA) is 12.0 Å². The van der Waals surface area contributed by atoms with Gasteiger partial charge in [0.25, 0.3) is 0 Å². The van der Waals surface area contributed by atoms with Gasteiger partial charge in [-0.15, -0.1) is 0 Å². The first-order chi connectivity index (χ1) is 8.38. The molecule has 0 aromatic heterocycles. The molecule has 0 saturated carbocycles. The average molecular weight is 245 g/mol. The first-order valence-electron chi connectivity index (χ1n) is 8.09. The van der Waals surface area contributed by atoms with Crippen LogP contribution >= 0.6 is 0 Å². The minimum absolute atomic E-state index is 0.971. The lowest BCUT2D eigenvalue weighted by molar-refractivity contribution is 0.233. The molecule has 0 radical (unpaired) electrons. The van der Waals surface area contributed by atoms with E-state index in [0.717, 1.165) is 11.8 Å². The van der Waals surface area contributed by atoms with Crippen molar-refractivity contribution in [2.75, 3.05) is 13.1 Å². The van der Waals surface area contributed by atoms with E-state index in [0.29, 0.717) is 0 Å². The van der Waals surface area contributed by atoms with Crippen LogP contribution in [0.2, 0.25) is 0 Å². The maximum Gasteiger partial charge on any atom is -0.00179 e. The normalized spacial score (nSPS) is 21.9. The quantitative estimate of drug-likeness (QED) is 0.692. The highest BCUT2D eigenvalue weighted by molar-refractivity contribution is 4.76. The van der Waals surface area contributed by atoms with Gasteiger partial charge in [-0.1, -0.05) is 68.2 Å². The van der Waals surface area contributed by atoms with E-state index in [2.05, 4.69) is 19.2 Å². The molecule has 1 saturated heterocycles. The van der Waals surface area contributed by atoms with E-state index in [9.17, 15) is 0 Å². The van der Waals surface area contributed by atoms with Crippen molar-refractivity contribution in [2.24, 2.45) is 11.8 Å². The van der Waals surface area contributed by atoms with Crippen LogP contribution in [0.15, 0.2) is 0 Å². The van der Waals surface area contributed by atoms with Gasteiger partial charge >= 0.3 is 0 Å². The van der Waals surface area contributed by atoms with Crippen LogP contribution in [-0.2, 0) is 0 Å². The van der Waals surface area contributed by atoms with Crippen molar-refractivity contribution < 1.29 is 0 Å². The summed E-state index contributed by atoms with van der Waals surface area (Å²) in [7, 11) is 0. The van der Waals surface area contributed by atoms with Crippen LogP contribution in [0, 0.1) is 11.8 Å². The summed E-state index contributed by atoms with van der Waals surface area (Å²) in [5.41, 5.74) is 0. The van der Waals surface area contributed by atoms with Gasteiger partial charge in [-0.25, -0.2) is 0 Å². The van der Waals surface area contributed by atoms with Gasteiger partial charge in [-0.2, -0.15) is 0 Å².